The summed E-state index contributed by atoms with van der Waals surface area (Å²) in [5.74, 6) is -0.538. The molecule has 3 rings (SSSR count). The average molecular weight is 313 g/mol. The second-order valence-corrected chi connectivity index (χ2v) is 4.54. The number of methoxy groups -OCH3 is 1. The van der Waals surface area contributed by atoms with Gasteiger partial charge in [-0.1, -0.05) is 6.07 Å². The largest absolute Gasteiger partial charge is 0.465 e. The maximum absolute atomic E-state index is 11.4. The number of nitrogens with zero attached hydrogens (tertiary/aromatic N) is 3. The van der Waals surface area contributed by atoms with E-state index in [2.05, 4.69) is 9.72 Å². The van der Waals surface area contributed by atoms with Crippen molar-refractivity contribution in [3.8, 4) is 11.6 Å². The van der Waals surface area contributed by atoms with Crippen molar-refractivity contribution in [2.24, 2.45) is 0 Å². The minimum absolute atomic E-state index is 0.119. The lowest BCUT2D eigenvalue weighted by Gasteiger charge is -2.03. The van der Waals surface area contributed by atoms with E-state index < -0.39 is 10.9 Å². The number of hydrogen-bond acceptors (Lipinski definition) is 6. The lowest BCUT2D eigenvalue weighted by molar-refractivity contribution is -0.391. The fourth-order valence-electron chi connectivity index (χ4n) is 2.08. The van der Waals surface area contributed by atoms with E-state index in [1.165, 1.54) is 42.0 Å². The summed E-state index contributed by atoms with van der Waals surface area (Å²) < 4.78 is 11.4. The van der Waals surface area contributed by atoms with Crippen molar-refractivity contribution in [1.29, 1.82) is 0 Å². The van der Waals surface area contributed by atoms with E-state index in [4.69, 9.17) is 4.74 Å². The van der Waals surface area contributed by atoms with Gasteiger partial charge in [0.05, 0.1) is 18.9 Å². The smallest absolute Gasteiger partial charge is 0.392 e. The SMILES string of the molecule is COC(=O)c1ccc(Oc2nc3ccccn3c2[N+](=O)[O-])cc1. The Bertz CT molecular complexity index is 886. The number of nitro groups is 1. The standard InChI is InChI=1S/C15H11N3O5/c1-22-15(19)10-5-7-11(8-6-10)23-13-14(18(20)21)17-9-3-2-4-12(17)16-13/h2-9H,1H3. The van der Waals surface area contributed by atoms with Gasteiger partial charge in [0.25, 0.3) is 0 Å². The van der Waals surface area contributed by atoms with Crippen LogP contribution in [-0.4, -0.2) is 27.4 Å². The summed E-state index contributed by atoms with van der Waals surface area (Å²) in [6.45, 7) is 0. The van der Waals surface area contributed by atoms with Crippen LogP contribution in [0.1, 0.15) is 10.4 Å². The van der Waals surface area contributed by atoms with Crippen molar-refractivity contribution < 1.29 is 19.2 Å². The molecule has 2 aromatic heterocycles. The molecule has 0 unspecified atom stereocenters. The van der Waals surface area contributed by atoms with Crippen LogP contribution >= 0.6 is 0 Å². The van der Waals surface area contributed by atoms with Crippen LogP contribution in [0.5, 0.6) is 11.6 Å². The number of ether oxygens (including phenoxy) is 2. The van der Waals surface area contributed by atoms with Gasteiger partial charge in [0, 0.05) is 6.07 Å². The first kappa shape index (κ1) is 14.5. The number of benzene rings is 1. The third-order valence-electron chi connectivity index (χ3n) is 3.14. The van der Waals surface area contributed by atoms with Gasteiger partial charge in [0.1, 0.15) is 5.75 Å². The first-order chi connectivity index (χ1) is 11.1. The van der Waals surface area contributed by atoms with Crippen LogP contribution in [-0.2, 0) is 4.74 Å². The maximum atomic E-state index is 11.4. The molecule has 0 fully saturated rings. The number of esters is 1. The van der Waals surface area contributed by atoms with Crippen molar-refractivity contribution in [3.05, 3.63) is 64.3 Å². The van der Waals surface area contributed by atoms with Crippen molar-refractivity contribution in [2.45, 2.75) is 0 Å². The molecule has 0 saturated carbocycles. The van der Waals surface area contributed by atoms with Crippen LogP contribution in [0.25, 0.3) is 5.65 Å². The highest BCUT2D eigenvalue weighted by atomic mass is 16.6. The van der Waals surface area contributed by atoms with Gasteiger partial charge in [0.2, 0.25) is 5.65 Å². The number of fused-ring (bicyclic) bond motifs is 1. The molecule has 0 spiro atoms. The van der Waals surface area contributed by atoms with Crippen molar-refractivity contribution in [2.75, 3.05) is 7.11 Å². The Morgan fingerprint density at radius 1 is 1.22 bits per heavy atom. The zero-order valence-corrected chi connectivity index (χ0v) is 12.0. The van der Waals surface area contributed by atoms with Crippen LogP contribution in [0, 0.1) is 10.1 Å². The summed E-state index contributed by atoms with van der Waals surface area (Å²) in [6, 6.07) is 11.1. The minimum atomic E-state index is -0.557. The number of rotatable bonds is 4. The van der Waals surface area contributed by atoms with Gasteiger partial charge in [-0.3, -0.25) is 0 Å². The second-order valence-electron chi connectivity index (χ2n) is 4.54. The van der Waals surface area contributed by atoms with Crippen LogP contribution in [0.4, 0.5) is 5.82 Å². The topological polar surface area (TPSA) is 96.0 Å². The summed E-state index contributed by atoms with van der Waals surface area (Å²) in [6.07, 6.45) is 1.54. The molecular weight excluding hydrogens is 302 g/mol. The Morgan fingerprint density at radius 2 is 1.96 bits per heavy atom. The Labute approximate surface area is 130 Å². The molecule has 3 aromatic rings. The van der Waals surface area contributed by atoms with E-state index >= 15 is 0 Å². The Morgan fingerprint density at radius 3 is 2.61 bits per heavy atom. The zero-order valence-electron chi connectivity index (χ0n) is 12.0. The highest BCUT2D eigenvalue weighted by Crippen LogP contribution is 2.31. The predicted octanol–water partition coefficient (Wildman–Crippen LogP) is 2.82. The molecular formula is C15H11N3O5. The van der Waals surface area contributed by atoms with E-state index in [1.54, 1.807) is 18.2 Å². The van der Waals surface area contributed by atoms with Gasteiger partial charge >= 0.3 is 17.7 Å². The highest BCUT2D eigenvalue weighted by molar-refractivity contribution is 5.89. The first-order valence-electron chi connectivity index (χ1n) is 6.58. The molecule has 0 atom stereocenters. The molecule has 2 heterocycles. The normalized spacial score (nSPS) is 10.5. The molecule has 8 heteroatoms. The highest BCUT2D eigenvalue weighted by Gasteiger charge is 2.24. The molecule has 23 heavy (non-hydrogen) atoms. The first-order valence-corrected chi connectivity index (χ1v) is 6.58. The van der Waals surface area contributed by atoms with Crippen molar-refractivity contribution in [3.63, 3.8) is 0 Å². The van der Waals surface area contributed by atoms with Gasteiger partial charge in [-0.25, -0.2) is 4.79 Å². The van der Waals surface area contributed by atoms with Crippen LogP contribution < -0.4 is 4.74 Å². The van der Waals surface area contributed by atoms with Crippen LogP contribution in [0.2, 0.25) is 0 Å². The van der Waals surface area contributed by atoms with Gasteiger partial charge in [-0.2, -0.15) is 9.38 Å². The lowest BCUT2D eigenvalue weighted by Crippen LogP contribution is -2.00. The molecule has 0 bridgehead atoms. The number of aromatic nitrogens is 2. The van der Waals surface area contributed by atoms with Gasteiger partial charge < -0.3 is 19.6 Å². The van der Waals surface area contributed by atoms with E-state index in [1.807, 2.05) is 0 Å². The Hall–Kier alpha value is -3.42. The molecule has 0 radical (unpaired) electrons. The zero-order chi connectivity index (χ0) is 16.4. The number of imidazole rings is 1. The molecule has 0 amide bonds. The fourth-order valence-corrected chi connectivity index (χ4v) is 2.08. The summed E-state index contributed by atoms with van der Waals surface area (Å²) in [5.41, 5.74) is 0.754. The maximum Gasteiger partial charge on any atom is 0.392 e. The van der Waals surface area contributed by atoms with E-state index in [0.29, 0.717) is 17.0 Å². The second kappa shape index (κ2) is 5.76. The van der Waals surface area contributed by atoms with Crippen molar-refractivity contribution >= 4 is 17.4 Å². The number of pyridine rings is 1. The van der Waals surface area contributed by atoms with E-state index in [9.17, 15) is 14.9 Å². The minimum Gasteiger partial charge on any atom is -0.465 e. The Kier molecular flexibility index (Phi) is 3.63. The number of hydrogen-bond donors (Lipinski definition) is 0. The molecule has 0 N–H and O–H groups in total. The van der Waals surface area contributed by atoms with E-state index in [-0.39, 0.29) is 11.7 Å². The third kappa shape index (κ3) is 2.69. The van der Waals surface area contributed by atoms with Crippen LogP contribution in [0.3, 0.4) is 0 Å². The van der Waals surface area contributed by atoms with Crippen LogP contribution in [0.15, 0.2) is 48.7 Å². The summed E-state index contributed by atoms with van der Waals surface area (Å²) in [4.78, 5) is 26.2. The molecule has 0 aliphatic rings. The van der Waals surface area contributed by atoms with Gasteiger partial charge in [0.15, 0.2) is 0 Å². The van der Waals surface area contributed by atoms with Gasteiger partial charge in [-0.05, 0) is 35.3 Å². The molecule has 8 nitrogen and oxygen atoms in total. The van der Waals surface area contributed by atoms with Crippen molar-refractivity contribution in [1.82, 2.24) is 9.38 Å². The molecule has 0 saturated heterocycles. The Balaban J connectivity index is 1.96. The number of carbonyl (C=O) groups excluding carboxylic acids is 1. The predicted molar refractivity (Wildman–Crippen MR) is 79.7 cm³/mol. The fraction of sp³-hybridized carbons (Fsp3) is 0.0667. The monoisotopic (exact) mass is 313 g/mol. The molecule has 0 aliphatic heterocycles. The summed E-state index contributed by atoms with van der Waals surface area (Å²) >= 11 is 0. The van der Waals surface area contributed by atoms with E-state index in [0.717, 1.165) is 0 Å². The summed E-state index contributed by atoms with van der Waals surface area (Å²) in [7, 11) is 1.28. The third-order valence-corrected chi connectivity index (χ3v) is 3.14. The average Bonchev–Trinajstić information content (AvgIpc) is 2.92. The molecule has 116 valence electrons. The lowest BCUT2D eigenvalue weighted by atomic mass is 10.2. The summed E-state index contributed by atoms with van der Waals surface area (Å²) in [5, 5.41) is 11.3. The molecule has 0 aliphatic carbocycles. The number of carbonyl (C=O) groups is 1. The quantitative estimate of drug-likeness (QED) is 0.417. The van der Waals surface area contributed by atoms with Gasteiger partial charge in [-0.15, -0.1) is 0 Å². The molecule has 1 aromatic carbocycles.